The van der Waals surface area contributed by atoms with Gasteiger partial charge in [0.15, 0.2) is 5.78 Å². The predicted molar refractivity (Wildman–Crippen MR) is 152 cm³/mol. The Morgan fingerprint density at radius 3 is 2.26 bits per heavy atom. The quantitative estimate of drug-likeness (QED) is 0.589. The molecule has 2 aromatic carbocycles. The van der Waals surface area contributed by atoms with Crippen molar-refractivity contribution in [2.24, 2.45) is 5.92 Å². The Balaban J connectivity index is 1.47. The molecular formula is C31H40N4O4. The summed E-state index contributed by atoms with van der Waals surface area (Å²) in [5.41, 5.74) is 4.19. The molecule has 4 rings (SSSR count). The number of piperidine rings is 2. The number of nitrogens with one attached hydrogen (secondary N) is 1. The van der Waals surface area contributed by atoms with E-state index in [1.807, 2.05) is 77.0 Å². The SMILES string of the molecule is Cc1ccc(C(=O)N2CC(=O)C3C[C@H]2CCN3C(=O)[C@H](CC(C)C)NC(=O)c2ccc(N(C)C)cc2)cc1C. The first kappa shape index (κ1) is 28.3. The second kappa shape index (κ2) is 11.6. The Kier molecular flexibility index (Phi) is 8.42. The first-order valence-corrected chi connectivity index (χ1v) is 13.8. The maximum absolute atomic E-state index is 13.8. The Bertz CT molecular complexity index is 1250. The van der Waals surface area contributed by atoms with Crippen LogP contribution in [0.3, 0.4) is 0 Å². The van der Waals surface area contributed by atoms with E-state index < -0.39 is 12.1 Å². The molecule has 3 atom stereocenters. The van der Waals surface area contributed by atoms with Crippen molar-refractivity contribution in [3.63, 3.8) is 0 Å². The zero-order valence-corrected chi connectivity index (χ0v) is 23.9. The number of benzene rings is 2. The van der Waals surface area contributed by atoms with Crippen LogP contribution in [0.25, 0.3) is 0 Å². The van der Waals surface area contributed by atoms with Gasteiger partial charge in [-0.3, -0.25) is 19.2 Å². The number of fused-ring (bicyclic) bond motifs is 2. The Morgan fingerprint density at radius 2 is 1.64 bits per heavy atom. The molecule has 0 aliphatic carbocycles. The van der Waals surface area contributed by atoms with Crippen molar-refractivity contribution in [3.05, 3.63) is 64.7 Å². The number of aryl methyl sites for hydroxylation is 2. The second-order valence-corrected chi connectivity index (χ2v) is 11.5. The lowest BCUT2D eigenvalue weighted by molar-refractivity contribution is -0.147. The summed E-state index contributed by atoms with van der Waals surface area (Å²) in [4.78, 5) is 58.7. The van der Waals surface area contributed by atoms with Crippen molar-refractivity contribution in [2.45, 2.75) is 65.1 Å². The van der Waals surface area contributed by atoms with Crippen LogP contribution in [-0.4, -0.2) is 78.6 Å². The molecule has 3 amide bonds. The first-order chi connectivity index (χ1) is 18.5. The zero-order chi connectivity index (χ0) is 28.4. The van der Waals surface area contributed by atoms with Crippen molar-refractivity contribution in [2.75, 3.05) is 32.1 Å². The minimum atomic E-state index is -0.731. The molecule has 8 nitrogen and oxygen atoms in total. The molecule has 2 saturated heterocycles. The third kappa shape index (κ3) is 6.15. The van der Waals surface area contributed by atoms with Gasteiger partial charge in [-0.2, -0.15) is 0 Å². The summed E-state index contributed by atoms with van der Waals surface area (Å²) in [5, 5.41) is 2.94. The van der Waals surface area contributed by atoms with E-state index in [1.54, 1.807) is 21.9 Å². The number of rotatable bonds is 7. The van der Waals surface area contributed by atoms with Gasteiger partial charge in [0.05, 0.1) is 12.6 Å². The van der Waals surface area contributed by atoms with Gasteiger partial charge < -0.3 is 20.0 Å². The Hall–Kier alpha value is -3.68. The fraction of sp³-hybridized carbons (Fsp3) is 0.484. The van der Waals surface area contributed by atoms with Crippen LogP contribution in [-0.2, 0) is 9.59 Å². The van der Waals surface area contributed by atoms with E-state index in [0.29, 0.717) is 36.9 Å². The Labute approximate surface area is 231 Å². The van der Waals surface area contributed by atoms with Crippen LogP contribution < -0.4 is 10.2 Å². The molecular weight excluding hydrogens is 492 g/mol. The number of ketones is 1. The third-order valence-corrected chi connectivity index (χ3v) is 7.97. The minimum absolute atomic E-state index is 0.00962. The average Bonchev–Trinajstić information content (AvgIpc) is 2.91. The largest absolute Gasteiger partial charge is 0.378 e. The van der Waals surface area contributed by atoms with Crippen LogP contribution in [0.5, 0.6) is 0 Å². The van der Waals surface area contributed by atoms with Crippen LogP contribution in [0.15, 0.2) is 42.5 Å². The topological polar surface area (TPSA) is 90.0 Å². The molecule has 39 heavy (non-hydrogen) atoms. The number of nitrogens with zero attached hydrogens (tertiary/aromatic N) is 3. The van der Waals surface area contributed by atoms with Gasteiger partial charge in [-0.05, 0) is 86.6 Å². The molecule has 208 valence electrons. The standard InChI is InChI=1S/C31H40N4O4/c1-19(2)15-26(32-29(37)22-9-11-24(12-10-22)33(5)6)31(39)34-14-13-25-17-27(34)28(36)18-35(25)30(38)23-8-7-20(3)21(4)16-23/h7-12,16,19,25-27H,13-15,17-18H2,1-6H3,(H,32,37)/t25-,26+,27?/m1/s1. The number of carbonyl (C=O) groups is 4. The summed E-state index contributed by atoms with van der Waals surface area (Å²) in [5.74, 6) is -0.645. The molecule has 2 heterocycles. The van der Waals surface area contributed by atoms with Crippen LogP contribution in [0.2, 0.25) is 0 Å². The predicted octanol–water partition coefficient (Wildman–Crippen LogP) is 3.60. The van der Waals surface area contributed by atoms with Crippen molar-refractivity contribution >= 4 is 29.2 Å². The highest BCUT2D eigenvalue weighted by atomic mass is 16.2. The maximum atomic E-state index is 13.8. The van der Waals surface area contributed by atoms with Gasteiger partial charge >= 0.3 is 0 Å². The summed E-state index contributed by atoms with van der Waals surface area (Å²) in [6.07, 6.45) is 1.49. The van der Waals surface area contributed by atoms with Gasteiger partial charge in [0, 0.05) is 43.5 Å². The normalized spacial score (nSPS) is 19.6. The molecule has 0 saturated carbocycles. The van der Waals surface area contributed by atoms with E-state index in [-0.39, 0.29) is 42.0 Å². The van der Waals surface area contributed by atoms with Crippen molar-refractivity contribution < 1.29 is 19.2 Å². The highest BCUT2D eigenvalue weighted by Crippen LogP contribution is 2.30. The average molecular weight is 533 g/mol. The summed E-state index contributed by atoms with van der Waals surface area (Å²) in [6, 6.07) is 11.4. The van der Waals surface area contributed by atoms with Crippen LogP contribution in [0.1, 0.15) is 65.0 Å². The molecule has 2 aliphatic rings. The second-order valence-electron chi connectivity index (χ2n) is 11.5. The lowest BCUT2D eigenvalue weighted by Gasteiger charge is -2.48. The molecule has 2 aliphatic heterocycles. The Morgan fingerprint density at radius 1 is 0.974 bits per heavy atom. The van der Waals surface area contributed by atoms with Crippen molar-refractivity contribution in [3.8, 4) is 0 Å². The highest BCUT2D eigenvalue weighted by Gasteiger charge is 2.46. The lowest BCUT2D eigenvalue weighted by atomic mass is 9.87. The molecule has 2 fully saturated rings. The van der Waals surface area contributed by atoms with E-state index in [4.69, 9.17) is 0 Å². The fourth-order valence-corrected chi connectivity index (χ4v) is 5.52. The summed E-state index contributed by atoms with van der Waals surface area (Å²) in [7, 11) is 3.86. The van der Waals surface area contributed by atoms with E-state index in [9.17, 15) is 19.2 Å². The highest BCUT2D eigenvalue weighted by molar-refractivity contribution is 6.01. The van der Waals surface area contributed by atoms with Gasteiger partial charge in [0.25, 0.3) is 11.8 Å². The number of carbonyl (C=O) groups excluding carboxylic acids is 4. The van der Waals surface area contributed by atoms with Crippen LogP contribution in [0, 0.1) is 19.8 Å². The minimum Gasteiger partial charge on any atom is -0.378 e. The van der Waals surface area contributed by atoms with E-state index in [1.165, 1.54) is 0 Å². The van der Waals surface area contributed by atoms with Crippen LogP contribution >= 0.6 is 0 Å². The van der Waals surface area contributed by atoms with E-state index >= 15 is 0 Å². The fourth-order valence-electron chi connectivity index (χ4n) is 5.52. The van der Waals surface area contributed by atoms with E-state index in [0.717, 1.165) is 16.8 Å². The molecule has 0 spiro atoms. The lowest BCUT2D eigenvalue weighted by Crippen LogP contribution is -2.65. The molecule has 2 aromatic rings. The monoisotopic (exact) mass is 532 g/mol. The molecule has 0 radical (unpaired) electrons. The van der Waals surface area contributed by atoms with Gasteiger partial charge in [-0.1, -0.05) is 19.9 Å². The number of hydrogen-bond donors (Lipinski definition) is 1. The molecule has 8 heteroatoms. The van der Waals surface area contributed by atoms with Gasteiger partial charge in [0.1, 0.15) is 6.04 Å². The third-order valence-electron chi connectivity index (χ3n) is 7.97. The smallest absolute Gasteiger partial charge is 0.254 e. The summed E-state index contributed by atoms with van der Waals surface area (Å²) < 4.78 is 0. The number of Topliss-reactive ketones (excluding diaryl/α,β-unsaturated/α-hetero) is 1. The summed E-state index contributed by atoms with van der Waals surface area (Å²) >= 11 is 0. The molecule has 1 N–H and O–H groups in total. The van der Waals surface area contributed by atoms with Crippen LogP contribution in [0.4, 0.5) is 5.69 Å². The van der Waals surface area contributed by atoms with E-state index in [2.05, 4.69) is 5.32 Å². The van der Waals surface area contributed by atoms with Gasteiger partial charge in [-0.25, -0.2) is 0 Å². The number of amides is 3. The first-order valence-electron chi connectivity index (χ1n) is 13.8. The number of anilines is 1. The van der Waals surface area contributed by atoms with Gasteiger partial charge in [-0.15, -0.1) is 0 Å². The number of likely N-dealkylation sites (tertiary alicyclic amines) is 2. The maximum Gasteiger partial charge on any atom is 0.254 e. The number of hydrogen-bond acceptors (Lipinski definition) is 5. The zero-order valence-electron chi connectivity index (χ0n) is 23.9. The van der Waals surface area contributed by atoms with Crippen molar-refractivity contribution in [1.82, 2.24) is 15.1 Å². The van der Waals surface area contributed by atoms with Crippen molar-refractivity contribution in [1.29, 1.82) is 0 Å². The molecule has 0 aromatic heterocycles. The molecule has 1 unspecified atom stereocenters. The van der Waals surface area contributed by atoms with Gasteiger partial charge in [0.2, 0.25) is 5.91 Å². The molecule has 2 bridgehead atoms. The summed E-state index contributed by atoms with van der Waals surface area (Å²) in [6.45, 7) is 8.35.